The zero-order chi connectivity index (χ0) is 13.4. The minimum atomic E-state index is 0.139. The van der Waals surface area contributed by atoms with Crippen LogP contribution in [0.2, 0.25) is 0 Å². The standard InChI is InChI=1S/C16H24O2/c1-4-5-6-7-11-16(17)14-9-8-10-15(12-14)18-13(2)3/h8-10,12-13H,4-7,11H2,1-3H3. The Balaban J connectivity index is 2.51. The lowest BCUT2D eigenvalue weighted by molar-refractivity contribution is 0.0978. The van der Waals surface area contributed by atoms with E-state index in [-0.39, 0.29) is 11.9 Å². The van der Waals surface area contributed by atoms with E-state index in [1.807, 2.05) is 38.1 Å². The number of hydrogen-bond acceptors (Lipinski definition) is 2. The van der Waals surface area contributed by atoms with Crippen LogP contribution in [0.1, 0.15) is 63.2 Å². The van der Waals surface area contributed by atoms with Gasteiger partial charge in [0.2, 0.25) is 0 Å². The average Bonchev–Trinajstić information content (AvgIpc) is 2.34. The van der Waals surface area contributed by atoms with E-state index in [0.717, 1.165) is 24.2 Å². The van der Waals surface area contributed by atoms with E-state index < -0.39 is 0 Å². The summed E-state index contributed by atoms with van der Waals surface area (Å²) < 4.78 is 5.60. The molecular weight excluding hydrogens is 224 g/mol. The fourth-order valence-electron chi connectivity index (χ4n) is 1.87. The summed E-state index contributed by atoms with van der Waals surface area (Å²) in [4.78, 5) is 12.0. The Hall–Kier alpha value is -1.31. The first-order valence-corrected chi connectivity index (χ1v) is 6.93. The van der Waals surface area contributed by atoms with Crippen molar-refractivity contribution in [3.8, 4) is 5.75 Å². The number of rotatable bonds is 8. The maximum Gasteiger partial charge on any atom is 0.163 e. The van der Waals surface area contributed by atoms with Gasteiger partial charge in [0.25, 0.3) is 0 Å². The highest BCUT2D eigenvalue weighted by molar-refractivity contribution is 5.96. The molecule has 18 heavy (non-hydrogen) atoms. The van der Waals surface area contributed by atoms with Crippen LogP contribution in [0.5, 0.6) is 5.75 Å². The number of Topliss-reactive ketones (excluding diaryl/α,β-unsaturated/α-hetero) is 1. The summed E-state index contributed by atoms with van der Waals surface area (Å²) in [6.45, 7) is 6.15. The first-order chi connectivity index (χ1) is 8.63. The molecule has 2 heteroatoms. The lowest BCUT2D eigenvalue weighted by Gasteiger charge is -2.10. The molecule has 0 aliphatic carbocycles. The van der Waals surface area contributed by atoms with Crippen molar-refractivity contribution in [2.45, 2.75) is 59.0 Å². The first kappa shape index (κ1) is 14.7. The number of ketones is 1. The molecule has 0 saturated heterocycles. The van der Waals surface area contributed by atoms with Gasteiger partial charge in [0.15, 0.2) is 5.78 Å². The summed E-state index contributed by atoms with van der Waals surface area (Å²) in [5.41, 5.74) is 0.768. The van der Waals surface area contributed by atoms with Crippen molar-refractivity contribution in [1.29, 1.82) is 0 Å². The maximum atomic E-state index is 12.0. The Morgan fingerprint density at radius 3 is 2.67 bits per heavy atom. The summed E-state index contributed by atoms with van der Waals surface area (Å²) in [7, 11) is 0. The molecule has 1 rings (SSSR count). The molecule has 0 fully saturated rings. The van der Waals surface area contributed by atoms with Gasteiger partial charge in [-0.25, -0.2) is 0 Å². The van der Waals surface area contributed by atoms with Crippen LogP contribution in [-0.4, -0.2) is 11.9 Å². The topological polar surface area (TPSA) is 26.3 Å². The number of carbonyl (C=O) groups is 1. The number of benzene rings is 1. The molecule has 1 aromatic rings. The molecule has 0 bridgehead atoms. The second-order valence-corrected chi connectivity index (χ2v) is 4.93. The lowest BCUT2D eigenvalue weighted by atomic mass is 10.0. The summed E-state index contributed by atoms with van der Waals surface area (Å²) in [6.07, 6.45) is 5.33. The minimum absolute atomic E-state index is 0.139. The smallest absolute Gasteiger partial charge is 0.163 e. The van der Waals surface area contributed by atoms with Crippen LogP contribution in [0.25, 0.3) is 0 Å². The Morgan fingerprint density at radius 1 is 1.22 bits per heavy atom. The lowest BCUT2D eigenvalue weighted by Crippen LogP contribution is -2.06. The molecule has 0 heterocycles. The van der Waals surface area contributed by atoms with E-state index in [9.17, 15) is 4.79 Å². The first-order valence-electron chi connectivity index (χ1n) is 6.93. The summed E-state index contributed by atoms with van der Waals surface area (Å²) in [5, 5.41) is 0. The third-order valence-electron chi connectivity index (χ3n) is 2.79. The van der Waals surface area contributed by atoms with Crippen molar-refractivity contribution >= 4 is 5.78 Å². The number of unbranched alkanes of at least 4 members (excludes halogenated alkanes) is 3. The van der Waals surface area contributed by atoms with Crippen LogP contribution in [0.3, 0.4) is 0 Å². The molecule has 0 unspecified atom stereocenters. The molecule has 0 atom stereocenters. The highest BCUT2D eigenvalue weighted by Gasteiger charge is 2.07. The van der Waals surface area contributed by atoms with Crippen LogP contribution in [0.4, 0.5) is 0 Å². The second kappa shape index (κ2) is 7.91. The van der Waals surface area contributed by atoms with Gasteiger partial charge in [0.1, 0.15) is 5.75 Å². The van der Waals surface area contributed by atoms with Crippen molar-refractivity contribution < 1.29 is 9.53 Å². The predicted molar refractivity (Wildman–Crippen MR) is 75.3 cm³/mol. The van der Waals surface area contributed by atoms with Crippen molar-refractivity contribution in [3.63, 3.8) is 0 Å². The Kier molecular flexibility index (Phi) is 6.48. The van der Waals surface area contributed by atoms with Crippen molar-refractivity contribution in [1.82, 2.24) is 0 Å². The van der Waals surface area contributed by atoms with Crippen molar-refractivity contribution in [2.75, 3.05) is 0 Å². The van der Waals surface area contributed by atoms with Gasteiger partial charge in [-0.3, -0.25) is 4.79 Å². The average molecular weight is 248 g/mol. The van der Waals surface area contributed by atoms with Crippen LogP contribution >= 0.6 is 0 Å². The molecule has 0 aliphatic rings. The molecule has 2 nitrogen and oxygen atoms in total. The number of carbonyl (C=O) groups excluding carboxylic acids is 1. The van der Waals surface area contributed by atoms with E-state index in [1.165, 1.54) is 12.8 Å². The maximum absolute atomic E-state index is 12.0. The molecule has 0 aliphatic heterocycles. The largest absolute Gasteiger partial charge is 0.491 e. The minimum Gasteiger partial charge on any atom is -0.491 e. The Morgan fingerprint density at radius 2 is 2.00 bits per heavy atom. The van der Waals surface area contributed by atoms with Crippen LogP contribution in [-0.2, 0) is 0 Å². The van der Waals surface area contributed by atoms with Gasteiger partial charge in [0, 0.05) is 12.0 Å². The summed E-state index contributed by atoms with van der Waals surface area (Å²) in [5.74, 6) is 1.00. The third-order valence-corrected chi connectivity index (χ3v) is 2.79. The number of hydrogen-bond donors (Lipinski definition) is 0. The van der Waals surface area contributed by atoms with Gasteiger partial charge < -0.3 is 4.74 Å². The van der Waals surface area contributed by atoms with Gasteiger partial charge in [-0.05, 0) is 32.4 Å². The van der Waals surface area contributed by atoms with E-state index in [0.29, 0.717) is 6.42 Å². The van der Waals surface area contributed by atoms with Crippen LogP contribution < -0.4 is 4.74 Å². The third kappa shape index (κ3) is 5.35. The molecule has 0 aromatic heterocycles. The van der Waals surface area contributed by atoms with E-state index >= 15 is 0 Å². The van der Waals surface area contributed by atoms with E-state index in [2.05, 4.69) is 6.92 Å². The molecule has 0 saturated carbocycles. The van der Waals surface area contributed by atoms with Gasteiger partial charge in [0.05, 0.1) is 6.10 Å². The summed E-state index contributed by atoms with van der Waals surface area (Å²) in [6, 6.07) is 7.50. The van der Waals surface area contributed by atoms with Gasteiger partial charge in [-0.15, -0.1) is 0 Å². The van der Waals surface area contributed by atoms with Gasteiger partial charge in [-0.1, -0.05) is 38.3 Å². The summed E-state index contributed by atoms with van der Waals surface area (Å²) >= 11 is 0. The second-order valence-electron chi connectivity index (χ2n) is 4.93. The SMILES string of the molecule is CCCCCCC(=O)c1cccc(OC(C)C)c1. The monoisotopic (exact) mass is 248 g/mol. The van der Waals surface area contributed by atoms with Crippen molar-refractivity contribution in [2.24, 2.45) is 0 Å². The van der Waals surface area contributed by atoms with Crippen molar-refractivity contribution in [3.05, 3.63) is 29.8 Å². The molecular formula is C16H24O2. The van der Waals surface area contributed by atoms with Crippen LogP contribution in [0, 0.1) is 0 Å². The molecule has 100 valence electrons. The normalized spacial score (nSPS) is 10.7. The fourth-order valence-corrected chi connectivity index (χ4v) is 1.87. The van der Waals surface area contributed by atoms with E-state index in [4.69, 9.17) is 4.74 Å². The zero-order valence-corrected chi connectivity index (χ0v) is 11.7. The molecule has 0 spiro atoms. The van der Waals surface area contributed by atoms with Crippen LogP contribution in [0.15, 0.2) is 24.3 Å². The molecule has 1 aromatic carbocycles. The van der Waals surface area contributed by atoms with Gasteiger partial charge >= 0.3 is 0 Å². The molecule has 0 radical (unpaired) electrons. The predicted octanol–water partition coefficient (Wildman–Crippen LogP) is 4.63. The highest BCUT2D eigenvalue weighted by atomic mass is 16.5. The number of ether oxygens (including phenoxy) is 1. The zero-order valence-electron chi connectivity index (χ0n) is 11.7. The highest BCUT2D eigenvalue weighted by Crippen LogP contribution is 2.17. The van der Waals surface area contributed by atoms with Gasteiger partial charge in [-0.2, -0.15) is 0 Å². The van der Waals surface area contributed by atoms with E-state index in [1.54, 1.807) is 0 Å². The Bertz CT molecular complexity index is 369. The quantitative estimate of drug-likeness (QED) is 0.495. The molecule has 0 N–H and O–H groups in total. The molecule has 0 amide bonds. The Labute approximate surface area is 110 Å². The fraction of sp³-hybridized carbons (Fsp3) is 0.562.